The van der Waals surface area contributed by atoms with Crippen molar-refractivity contribution in [3.8, 4) is 5.75 Å². The van der Waals surface area contributed by atoms with E-state index in [-0.39, 0.29) is 22.7 Å². The Kier molecular flexibility index (Phi) is 3.19. The zero-order chi connectivity index (χ0) is 14.0. The van der Waals surface area contributed by atoms with Crippen molar-refractivity contribution in [1.29, 1.82) is 0 Å². The molecule has 0 unspecified atom stereocenters. The average molecular weight is 261 g/mol. The molecular weight excluding hydrogens is 250 g/mol. The molecule has 0 aliphatic rings. The number of aromatic nitrogens is 2. The van der Waals surface area contributed by atoms with E-state index in [2.05, 4.69) is 10.3 Å². The number of aryl methyl sites for hydroxylation is 1. The molecule has 7 heteroatoms. The van der Waals surface area contributed by atoms with Gasteiger partial charge in [0.05, 0.1) is 17.6 Å². The molecule has 7 nitrogen and oxygen atoms in total. The first-order valence-electron chi connectivity index (χ1n) is 5.33. The van der Waals surface area contributed by atoms with Crippen molar-refractivity contribution in [2.45, 2.75) is 0 Å². The maximum absolute atomic E-state index is 11.8. The number of benzene rings is 1. The van der Waals surface area contributed by atoms with Gasteiger partial charge < -0.3 is 20.1 Å². The number of carbonyl (C=O) groups is 2. The Labute approximate surface area is 108 Å². The quantitative estimate of drug-likeness (QED) is 0.717. The van der Waals surface area contributed by atoms with Crippen LogP contribution in [0.3, 0.4) is 0 Å². The van der Waals surface area contributed by atoms with E-state index in [1.807, 2.05) is 0 Å². The summed E-state index contributed by atoms with van der Waals surface area (Å²) in [4.78, 5) is 26.3. The molecule has 2 aromatic rings. The van der Waals surface area contributed by atoms with Gasteiger partial charge in [-0.2, -0.15) is 0 Å². The molecule has 0 saturated carbocycles. The summed E-state index contributed by atoms with van der Waals surface area (Å²) >= 11 is 0. The lowest BCUT2D eigenvalue weighted by atomic mass is 10.2. The minimum Gasteiger partial charge on any atom is -0.506 e. The number of carboxylic acids is 1. The molecule has 0 bridgehead atoms. The van der Waals surface area contributed by atoms with E-state index >= 15 is 0 Å². The summed E-state index contributed by atoms with van der Waals surface area (Å²) in [5.41, 5.74) is 0.262. The Balaban J connectivity index is 2.20. The van der Waals surface area contributed by atoms with Crippen LogP contribution in [0.4, 0.5) is 5.69 Å². The minimum absolute atomic E-state index is 0.0617. The number of rotatable bonds is 3. The highest BCUT2D eigenvalue weighted by Gasteiger charge is 2.13. The summed E-state index contributed by atoms with van der Waals surface area (Å²) < 4.78 is 1.61. The van der Waals surface area contributed by atoms with Crippen LogP contribution in [0.25, 0.3) is 0 Å². The summed E-state index contributed by atoms with van der Waals surface area (Å²) in [5, 5.41) is 20.8. The number of aromatic carboxylic acids is 1. The molecule has 0 radical (unpaired) electrons. The maximum Gasteiger partial charge on any atom is 0.335 e. The third kappa shape index (κ3) is 2.71. The van der Waals surface area contributed by atoms with Crippen molar-refractivity contribution in [2.24, 2.45) is 7.05 Å². The molecule has 98 valence electrons. The Bertz CT molecular complexity index is 648. The minimum atomic E-state index is -1.15. The Morgan fingerprint density at radius 2 is 2.11 bits per heavy atom. The van der Waals surface area contributed by atoms with Gasteiger partial charge in [0.25, 0.3) is 5.91 Å². The predicted octanol–water partition coefficient (Wildman–Crippen LogP) is 1.08. The van der Waals surface area contributed by atoms with Crippen LogP contribution in [0.15, 0.2) is 30.7 Å². The second kappa shape index (κ2) is 4.81. The molecule has 3 N–H and O–H groups in total. The van der Waals surface area contributed by atoms with Crippen LogP contribution in [0.5, 0.6) is 5.75 Å². The SMILES string of the molecule is Cn1cnc(C(=O)Nc2ccc(C(=O)O)cc2O)c1. The lowest BCUT2D eigenvalue weighted by Gasteiger charge is -2.06. The van der Waals surface area contributed by atoms with Gasteiger partial charge in [-0.3, -0.25) is 4.79 Å². The highest BCUT2D eigenvalue weighted by atomic mass is 16.4. The Morgan fingerprint density at radius 3 is 2.63 bits per heavy atom. The highest BCUT2D eigenvalue weighted by Crippen LogP contribution is 2.24. The molecule has 0 atom stereocenters. The predicted molar refractivity (Wildman–Crippen MR) is 66.2 cm³/mol. The normalized spacial score (nSPS) is 10.2. The summed E-state index contributed by atoms with van der Waals surface area (Å²) in [7, 11) is 1.73. The molecule has 0 saturated heterocycles. The number of phenols is 1. The standard InChI is InChI=1S/C12H11N3O4/c1-15-5-9(13-6-15)11(17)14-8-3-2-7(12(18)19)4-10(8)16/h2-6,16H,1H3,(H,14,17)(H,18,19). The van der Waals surface area contributed by atoms with E-state index in [4.69, 9.17) is 5.11 Å². The van der Waals surface area contributed by atoms with Crippen LogP contribution in [-0.2, 0) is 7.05 Å². The van der Waals surface area contributed by atoms with Gasteiger partial charge >= 0.3 is 5.97 Å². The molecular formula is C12H11N3O4. The van der Waals surface area contributed by atoms with Gasteiger partial charge in [0.1, 0.15) is 11.4 Å². The second-order valence-corrected chi connectivity index (χ2v) is 3.92. The van der Waals surface area contributed by atoms with E-state index < -0.39 is 11.9 Å². The number of carbonyl (C=O) groups excluding carboxylic acids is 1. The molecule has 0 aliphatic carbocycles. The molecule has 0 aliphatic heterocycles. The summed E-state index contributed by atoms with van der Waals surface area (Å²) in [6.07, 6.45) is 3.00. The van der Waals surface area contributed by atoms with Crippen LogP contribution in [0.1, 0.15) is 20.8 Å². The van der Waals surface area contributed by atoms with Crippen LogP contribution in [0.2, 0.25) is 0 Å². The fraction of sp³-hybridized carbons (Fsp3) is 0.0833. The smallest absolute Gasteiger partial charge is 0.335 e. The summed E-state index contributed by atoms with van der Waals surface area (Å²) in [6.45, 7) is 0. The first-order chi connectivity index (χ1) is 8.97. The van der Waals surface area contributed by atoms with E-state index in [1.165, 1.54) is 24.7 Å². The first kappa shape index (κ1) is 12.6. The fourth-order valence-corrected chi connectivity index (χ4v) is 1.49. The van der Waals surface area contributed by atoms with Crippen molar-refractivity contribution in [3.63, 3.8) is 0 Å². The van der Waals surface area contributed by atoms with Gasteiger partial charge in [0.2, 0.25) is 0 Å². The van der Waals surface area contributed by atoms with Gasteiger partial charge in [0, 0.05) is 13.2 Å². The number of aromatic hydroxyl groups is 1. The van der Waals surface area contributed by atoms with Gasteiger partial charge in [-0.25, -0.2) is 9.78 Å². The zero-order valence-corrected chi connectivity index (χ0v) is 9.99. The number of carboxylic acid groups (broad SMARTS) is 1. The van der Waals surface area contributed by atoms with Gasteiger partial charge in [0.15, 0.2) is 0 Å². The highest BCUT2D eigenvalue weighted by molar-refractivity contribution is 6.03. The molecule has 0 spiro atoms. The number of hydrogen-bond donors (Lipinski definition) is 3. The zero-order valence-electron chi connectivity index (χ0n) is 9.99. The van der Waals surface area contributed by atoms with E-state index in [0.29, 0.717) is 0 Å². The molecule has 1 aromatic carbocycles. The topological polar surface area (TPSA) is 104 Å². The van der Waals surface area contributed by atoms with Crippen molar-refractivity contribution < 1.29 is 19.8 Å². The molecule has 1 heterocycles. The lowest BCUT2D eigenvalue weighted by molar-refractivity contribution is 0.0696. The van der Waals surface area contributed by atoms with Crippen molar-refractivity contribution >= 4 is 17.6 Å². The van der Waals surface area contributed by atoms with E-state index in [9.17, 15) is 14.7 Å². The third-order valence-corrected chi connectivity index (χ3v) is 2.43. The van der Waals surface area contributed by atoms with Gasteiger partial charge in [-0.15, -0.1) is 0 Å². The molecule has 1 amide bonds. The summed E-state index contributed by atoms with van der Waals surface area (Å²) in [5.74, 6) is -1.96. The lowest BCUT2D eigenvalue weighted by Crippen LogP contribution is -2.12. The molecule has 1 aromatic heterocycles. The second-order valence-electron chi connectivity index (χ2n) is 3.92. The number of anilines is 1. The number of imidazole rings is 1. The van der Waals surface area contributed by atoms with Crippen molar-refractivity contribution in [3.05, 3.63) is 42.0 Å². The first-order valence-corrected chi connectivity index (χ1v) is 5.33. The molecule has 0 fully saturated rings. The Morgan fingerprint density at radius 1 is 1.37 bits per heavy atom. The van der Waals surface area contributed by atoms with E-state index in [0.717, 1.165) is 6.07 Å². The number of hydrogen-bond acceptors (Lipinski definition) is 4. The molecule has 19 heavy (non-hydrogen) atoms. The van der Waals surface area contributed by atoms with Crippen LogP contribution in [0, 0.1) is 0 Å². The van der Waals surface area contributed by atoms with Gasteiger partial charge in [-0.1, -0.05) is 0 Å². The van der Waals surface area contributed by atoms with Crippen LogP contribution >= 0.6 is 0 Å². The van der Waals surface area contributed by atoms with Crippen LogP contribution < -0.4 is 5.32 Å². The Hall–Kier alpha value is -2.83. The number of nitrogens with zero attached hydrogens (tertiary/aromatic N) is 2. The van der Waals surface area contributed by atoms with Crippen LogP contribution in [-0.4, -0.2) is 31.6 Å². The maximum atomic E-state index is 11.8. The van der Waals surface area contributed by atoms with Crippen molar-refractivity contribution in [2.75, 3.05) is 5.32 Å². The third-order valence-electron chi connectivity index (χ3n) is 2.43. The van der Waals surface area contributed by atoms with E-state index in [1.54, 1.807) is 11.6 Å². The number of amides is 1. The summed E-state index contributed by atoms with van der Waals surface area (Å²) in [6, 6.07) is 3.67. The van der Waals surface area contributed by atoms with Gasteiger partial charge in [-0.05, 0) is 18.2 Å². The average Bonchev–Trinajstić information content (AvgIpc) is 2.78. The van der Waals surface area contributed by atoms with Crippen molar-refractivity contribution in [1.82, 2.24) is 9.55 Å². The fourth-order valence-electron chi connectivity index (χ4n) is 1.49. The largest absolute Gasteiger partial charge is 0.506 e. The monoisotopic (exact) mass is 261 g/mol. The molecule has 2 rings (SSSR count). The number of phenolic OH excluding ortho intramolecular Hbond substituents is 1. The number of nitrogens with one attached hydrogen (secondary N) is 1.